The first-order chi connectivity index (χ1) is 8.28. The van der Waals surface area contributed by atoms with Gasteiger partial charge in [0.25, 0.3) is 5.91 Å². The Labute approximate surface area is 98.5 Å². The van der Waals surface area contributed by atoms with Crippen LogP contribution in [0.25, 0.3) is 0 Å². The van der Waals surface area contributed by atoms with Crippen LogP contribution in [-0.4, -0.2) is 25.2 Å². The van der Waals surface area contributed by atoms with E-state index in [2.05, 4.69) is 4.74 Å². The largest absolute Gasteiger partial charge is 0.484 e. The zero-order valence-corrected chi connectivity index (χ0v) is 8.85. The Kier molecular flexibility index (Phi) is 4.46. The first-order valence-electron chi connectivity index (χ1n) is 4.69. The highest BCUT2D eigenvalue weighted by Gasteiger charge is 2.27. The van der Waals surface area contributed by atoms with Crippen LogP contribution in [0.1, 0.15) is 0 Å². The zero-order chi connectivity index (χ0) is 13.8. The average molecular weight is 269 g/mol. The summed E-state index contributed by atoms with van der Waals surface area (Å²) in [5.41, 5.74) is 0. The highest BCUT2D eigenvalue weighted by atomic mass is 19.4. The van der Waals surface area contributed by atoms with Gasteiger partial charge in [-0.05, 0) is 12.1 Å². The van der Waals surface area contributed by atoms with Crippen LogP contribution < -0.4 is 10.1 Å². The van der Waals surface area contributed by atoms with Gasteiger partial charge in [-0.25, -0.2) is 8.78 Å². The minimum absolute atomic E-state index is 0.156. The molecule has 0 saturated heterocycles. The van der Waals surface area contributed by atoms with Gasteiger partial charge in [0.1, 0.15) is 12.3 Å². The molecule has 1 aromatic carbocycles. The van der Waals surface area contributed by atoms with E-state index >= 15 is 0 Å². The van der Waals surface area contributed by atoms with Crippen molar-refractivity contribution in [1.82, 2.24) is 5.32 Å². The number of nitrogens with one attached hydrogen (secondary N) is 1. The summed E-state index contributed by atoms with van der Waals surface area (Å²) >= 11 is 0. The molecule has 1 N–H and O–H groups in total. The molecule has 0 bridgehead atoms. The van der Waals surface area contributed by atoms with Gasteiger partial charge in [0, 0.05) is 6.07 Å². The van der Waals surface area contributed by atoms with Gasteiger partial charge in [-0.1, -0.05) is 0 Å². The van der Waals surface area contributed by atoms with Crippen LogP contribution in [0, 0.1) is 11.6 Å². The molecule has 0 radical (unpaired) electrons. The maximum absolute atomic E-state index is 12.7. The van der Waals surface area contributed by atoms with Crippen LogP contribution in [0.3, 0.4) is 0 Å². The smallest absolute Gasteiger partial charge is 0.405 e. The molecule has 0 saturated carbocycles. The number of hydrogen-bond donors (Lipinski definition) is 1. The van der Waals surface area contributed by atoms with Crippen LogP contribution in [0.5, 0.6) is 5.75 Å². The summed E-state index contributed by atoms with van der Waals surface area (Å²) in [5.74, 6) is -3.44. The summed E-state index contributed by atoms with van der Waals surface area (Å²) in [6.45, 7) is -2.20. The Bertz CT molecular complexity index is 433. The van der Waals surface area contributed by atoms with Gasteiger partial charge in [0.15, 0.2) is 18.2 Å². The summed E-state index contributed by atoms with van der Waals surface area (Å²) in [6.07, 6.45) is -4.52. The van der Waals surface area contributed by atoms with Crippen molar-refractivity contribution in [3.05, 3.63) is 29.8 Å². The van der Waals surface area contributed by atoms with Gasteiger partial charge in [-0.2, -0.15) is 13.2 Å². The average Bonchev–Trinajstić information content (AvgIpc) is 2.27. The van der Waals surface area contributed by atoms with Crippen LogP contribution in [-0.2, 0) is 4.79 Å². The quantitative estimate of drug-likeness (QED) is 0.849. The third-order valence-electron chi connectivity index (χ3n) is 1.75. The lowest BCUT2D eigenvalue weighted by Gasteiger charge is -2.09. The van der Waals surface area contributed by atoms with Gasteiger partial charge < -0.3 is 10.1 Å². The SMILES string of the molecule is O=C(COc1ccc(F)c(F)c1)NCC(F)(F)F. The molecule has 0 heterocycles. The Morgan fingerprint density at radius 1 is 1.22 bits per heavy atom. The Morgan fingerprint density at radius 3 is 2.44 bits per heavy atom. The normalized spacial score (nSPS) is 11.2. The standard InChI is InChI=1S/C10H8F5NO2/c11-7-2-1-6(3-8(7)12)18-4-9(17)16-5-10(13,14)15/h1-3H,4-5H2,(H,16,17). The molecule has 0 unspecified atom stereocenters. The molecule has 3 nitrogen and oxygen atoms in total. The minimum Gasteiger partial charge on any atom is -0.484 e. The maximum Gasteiger partial charge on any atom is 0.405 e. The van der Waals surface area contributed by atoms with E-state index in [-0.39, 0.29) is 5.75 Å². The second-order valence-corrected chi connectivity index (χ2v) is 3.26. The van der Waals surface area contributed by atoms with Crippen molar-refractivity contribution < 1.29 is 31.5 Å². The molecule has 0 fully saturated rings. The molecule has 1 aromatic rings. The van der Waals surface area contributed by atoms with E-state index in [0.29, 0.717) is 6.07 Å². The van der Waals surface area contributed by atoms with E-state index in [9.17, 15) is 26.7 Å². The van der Waals surface area contributed by atoms with Gasteiger partial charge >= 0.3 is 6.18 Å². The molecule has 8 heteroatoms. The molecule has 100 valence electrons. The fourth-order valence-corrected chi connectivity index (χ4v) is 0.965. The lowest BCUT2D eigenvalue weighted by atomic mass is 10.3. The molecule has 0 aromatic heterocycles. The Morgan fingerprint density at radius 2 is 1.89 bits per heavy atom. The van der Waals surface area contributed by atoms with E-state index in [1.165, 1.54) is 0 Å². The van der Waals surface area contributed by atoms with E-state index in [4.69, 9.17) is 0 Å². The van der Waals surface area contributed by atoms with Crippen molar-refractivity contribution in [3.63, 3.8) is 0 Å². The third kappa shape index (κ3) is 4.98. The van der Waals surface area contributed by atoms with Crippen molar-refractivity contribution in [3.8, 4) is 5.75 Å². The summed E-state index contributed by atoms with van der Waals surface area (Å²) < 4.78 is 65.1. The van der Waals surface area contributed by atoms with Gasteiger partial charge in [0.05, 0.1) is 0 Å². The number of hydrogen-bond acceptors (Lipinski definition) is 2. The number of carbonyl (C=O) groups is 1. The van der Waals surface area contributed by atoms with Crippen molar-refractivity contribution in [2.45, 2.75) is 6.18 Å². The predicted octanol–water partition coefficient (Wildman–Crippen LogP) is 2.02. The Balaban J connectivity index is 2.40. The lowest BCUT2D eigenvalue weighted by Crippen LogP contribution is -2.36. The number of ether oxygens (including phenoxy) is 1. The highest BCUT2D eigenvalue weighted by molar-refractivity contribution is 5.77. The Hall–Kier alpha value is -1.86. The highest BCUT2D eigenvalue weighted by Crippen LogP contribution is 2.15. The van der Waals surface area contributed by atoms with Gasteiger partial charge in [-0.15, -0.1) is 0 Å². The molecule has 0 spiro atoms. The first kappa shape index (κ1) is 14.2. The number of alkyl halides is 3. The molecule has 0 aliphatic heterocycles. The van der Waals surface area contributed by atoms with E-state index < -0.39 is 36.9 Å². The lowest BCUT2D eigenvalue weighted by molar-refractivity contribution is -0.139. The van der Waals surface area contributed by atoms with Crippen molar-refractivity contribution in [2.75, 3.05) is 13.2 Å². The van der Waals surface area contributed by atoms with E-state index in [1.807, 2.05) is 0 Å². The summed E-state index contributed by atoms with van der Waals surface area (Å²) in [7, 11) is 0. The molecule has 1 rings (SSSR count). The number of benzene rings is 1. The monoisotopic (exact) mass is 269 g/mol. The first-order valence-corrected chi connectivity index (χ1v) is 4.69. The summed E-state index contributed by atoms with van der Waals surface area (Å²) in [5, 5.41) is 1.56. The maximum atomic E-state index is 12.7. The fourth-order valence-electron chi connectivity index (χ4n) is 0.965. The molecule has 18 heavy (non-hydrogen) atoms. The molecular weight excluding hydrogens is 261 g/mol. The van der Waals surface area contributed by atoms with Crippen molar-refractivity contribution >= 4 is 5.91 Å². The predicted molar refractivity (Wildman–Crippen MR) is 50.9 cm³/mol. The second kappa shape index (κ2) is 5.65. The topological polar surface area (TPSA) is 38.3 Å². The third-order valence-corrected chi connectivity index (χ3v) is 1.75. The summed E-state index contributed by atoms with van der Waals surface area (Å²) in [4.78, 5) is 10.9. The van der Waals surface area contributed by atoms with Crippen LogP contribution >= 0.6 is 0 Å². The van der Waals surface area contributed by atoms with Gasteiger partial charge in [0.2, 0.25) is 0 Å². The van der Waals surface area contributed by atoms with Crippen LogP contribution in [0.15, 0.2) is 18.2 Å². The van der Waals surface area contributed by atoms with E-state index in [1.54, 1.807) is 5.32 Å². The molecule has 0 atom stereocenters. The summed E-state index contributed by atoms with van der Waals surface area (Å²) in [6, 6.07) is 2.51. The molecular formula is C10H8F5NO2. The molecule has 0 aliphatic rings. The van der Waals surface area contributed by atoms with Crippen molar-refractivity contribution in [1.29, 1.82) is 0 Å². The number of carbonyl (C=O) groups excluding carboxylic acids is 1. The second-order valence-electron chi connectivity index (χ2n) is 3.26. The van der Waals surface area contributed by atoms with Crippen LogP contribution in [0.2, 0.25) is 0 Å². The van der Waals surface area contributed by atoms with Crippen molar-refractivity contribution in [2.24, 2.45) is 0 Å². The van der Waals surface area contributed by atoms with Crippen LogP contribution in [0.4, 0.5) is 22.0 Å². The molecule has 1 amide bonds. The number of rotatable bonds is 4. The molecule has 0 aliphatic carbocycles. The number of amides is 1. The van der Waals surface area contributed by atoms with Gasteiger partial charge in [-0.3, -0.25) is 4.79 Å². The number of halogens is 5. The zero-order valence-electron chi connectivity index (χ0n) is 8.85. The van der Waals surface area contributed by atoms with E-state index in [0.717, 1.165) is 12.1 Å². The fraction of sp³-hybridized carbons (Fsp3) is 0.300. The minimum atomic E-state index is -4.52.